The molecule has 0 aromatic rings. The van der Waals surface area contributed by atoms with Gasteiger partial charge in [-0.1, -0.05) is 0 Å². The number of hydrogen-bond acceptors (Lipinski definition) is 5. The summed E-state index contributed by atoms with van der Waals surface area (Å²) in [6.45, 7) is 6.14. The molecule has 6 nitrogen and oxygen atoms in total. The minimum Gasteiger partial charge on any atom is -0.466 e. The molecule has 1 fully saturated rings. The summed E-state index contributed by atoms with van der Waals surface area (Å²) in [6, 6.07) is 0. The van der Waals surface area contributed by atoms with Crippen LogP contribution in [0.4, 0.5) is 4.79 Å². The molecular weight excluding hydrogens is 260 g/mol. The maximum atomic E-state index is 11.8. The molecule has 2 rings (SSSR count). The van der Waals surface area contributed by atoms with Crippen molar-refractivity contribution in [3.63, 3.8) is 0 Å². The van der Waals surface area contributed by atoms with Crippen molar-refractivity contribution in [1.82, 2.24) is 10.2 Å². The molecule has 0 spiro atoms. The van der Waals surface area contributed by atoms with E-state index in [9.17, 15) is 9.59 Å². The van der Waals surface area contributed by atoms with Gasteiger partial charge in [-0.25, -0.2) is 4.79 Å². The number of amides is 1. The predicted octanol–water partition coefficient (Wildman–Crippen LogP) is 1.13. The molecule has 0 aromatic heterocycles. The van der Waals surface area contributed by atoms with E-state index in [1.54, 1.807) is 11.8 Å². The van der Waals surface area contributed by atoms with Gasteiger partial charge in [0.2, 0.25) is 0 Å². The lowest BCUT2D eigenvalue weighted by atomic mass is 9.85. The van der Waals surface area contributed by atoms with Gasteiger partial charge in [0.25, 0.3) is 0 Å². The van der Waals surface area contributed by atoms with E-state index in [1.807, 2.05) is 13.0 Å². The summed E-state index contributed by atoms with van der Waals surface area (Å²) >= 11 is 0. The highest BCUT2D eigenvalue weighted by molar-refractivity contribution is 5.73. The molecule has 6 heteroatoms. The first-order chi connectivity index (χ1) is 9.65. The Morgan fingerprint density at radius 1 is 1.35 bits per heavy atom. The van der Waals surface area contributed by atoms with E-state index in [2.05, 4.69) is 5.32 Å². The minimum absolute atomic E-state index is 0.140. The molecule has 0 radical (unpaired) electrons. The smallest absolute Gasteiger partial charge is 0.410 e. The molecule has 2 heterocycles. The highest BCUT2D eigenvalue weighted by Gasteiger charge is 2.35. The van der Waals surface area contributed by atoms with E-state index in [0.717, 1.165) is 5.70 Å². The molecule has 1 saturated heterocycles. The van der Waals surface area contributed by atoms with Crippen molar-refractivity contribution in [2.45, 2.75) is 20.3 Å². The number of carbonyl (C=O) groups excluding carboxylic acids is 2. The summed E-state index contributed by atoms with van der Waals surface area (Å²) < 4.78 is 10.1. The van der Waals surface area contributed by atoms with Crippen LogP contribution in [0.15, 0.2) is 11.8 Å². The molecular formula is C14H22N2O4. The van der Waals surface area contributed by atoms with Crippen LogP contribution in [-0.2, 0) is 14.3 Å². The molecule has 2 atom stereocenters. The zero-order valence-corrected chi connectivity index (χ0v) is 12.1. The van der Waals surface area contributed by atoms with Gasteiger partial charge in [-0.05, 0) is 26.3 Å². The minimum atomic E-state index is -0.291. The third-order valence-corrected chi connectivity index (χ3v) is 3.68. The van der Waals surface area contributed by atoms with E-state index < -0.39 is 0 Å². The molecule has 20 heavy (non-hydrogen) atoms. The molecule has 0 saturated carbocycles. The SMILES string of the molecule is CCOC(=O)C1CNC2=CCN(C(=O)OCC)CC2C1. The predicted molar refractivity (Wildman–Crippen MR) is 72.9 cm³/mol. The lowest BCUT2D eigenvalue weighted by Crippen LogP contribution is -2.47. The van der Waals surface area contributed by atoms with Gasteiger partial charge in [-0.15, -0.1) is 0 Å². The molecule has 112 valence electrons. The van der Waals surface area contributed by atoms with Crippen molar-refractivity contribution < 1.29 is 19.1 Å². The van der Waals surface area contributed by atoms with Crippen LogP contribution in [0.5, 0.6) is 0 Å². The summed E-state index contributed by atoms with van der Waals surface area (Å²) in [5.74, 6) is -0.136. The van der Waals surface area contributed by atoms with Crippen molar-refractivity contribution in [2.24, 2.45) is 11.8 Å². The zero-order chi connectivity index (χ0) is 14.5. The number of rotatable bonds is 3. The first kappa shape index (κ1) is 14.7. The van der Waals surface area contributed by atoms with Crippen molar-refractivity contribution in [1.29, 1.82) is 0 Å². The lowest BCUT2D eigenvalue weighted by molar-refractivity contribution is -0.148. The summed E-state index contributed by atoms with van der Waals surface area (Å²) in [7, 11) is 0. The fourth-order valence-electron chi connectivity index (χ4n) is 2.70. The van der Waals surface area contributed by atoms with Gasteiger partial charge < -0.3 is 19.7 Å². The molecule has 1 N–H and O–H groups in total. The Morgan fingerprint density at radius 3 is 2.80 bits per heavy atom. The highest BCUT2D eigenvalue weighted by Crippen LogP contribution is 2.28. The van der Waals surface area contributed by atoms with E-state index >= 15 is 0 Å². The van der Waals surface area contributed by atoms with Gasteiger partial charge in [0, 0.05) is 31.2 Å². The van der Waals surface area contributed by atoms with E-state index in [-0.39, 0.29) is 23.9 Å². The molecule has 0 aromatic carbocycles. The highest BCUT2D eigenvalue weighted by atomic mass is 16.6. The Hall–Kier alpha value is -1.72. The second kappa shape index (κ2) is 6.63. The molecule has 1 amide bonds. The largest absolute Gasteiger partial charge is 0.466 e. The van der Waals surface area contributed by atoms with Gasteiger partial charge >= 0.3 is 12.1 Å². The van der Waals surface area contributed by atoms with Gasteiger partial charge in [-0.3, -0.25) is 4.79 Å². The third kappa shape index (κ3) is 3.23. The quantitative estimate of drug-likeness (QED) is 0.786. The molecule has 0 bridgehead atoms. The number of piperidine rings is 1. The zero-order valence-electron chi connectivity index (χ0n) is 12.1. The standard InChI is InChI=1S/C14H22N2O4/c1-3-19-13(17)10-7-11-9-16(14(18)20-4-2)6-5-12(11)15-8-10/h5,10-11,15H,3-4,6-9H2,1-2H3. The Labute approximate surface area is 119 Å². The van der Waals surface area contributed by atoms with Crippen LogP contribution in [-0.4, -0.2) is 49.8 Å². The summed E-state index contributed by atoms with van der Waals surface area (Å²) in [5.41, 5.74) is 1.13. The monoisotopic (exact) mass is 282 g/mol. The van der Waals surface area contributed by atoms with Crippen molar-refractivity contribution >= 4 is 12.1 Å². The van der Waals surface area contributed by atoms with Crippen LogP contribution < -0.4 is 5.32 Å². The van der Waals surface area contributed by atoms with E-state index in [0.29, 0.717) is 39.3 Å². The number of ether oxygens (including phenoxy) is 2. The number of nitrogens with zero attached hydrogens (tertiary/aromatic N) is 1. The summed E-state index contributed by atoms with van der Waals surface area (Å²) in [5, 5.41) is 3.28. The average molecular weight is 282 g/mol. The number of hydrogen-bond donors (Lipinski definition) is 1. The fourth-order valence-corrected chi connectivity index (χ4v) is 2.70. The second-order valence-corrected chi connectivity index (χ2v) is 5.03. The maximum absolute atomic E-state index is 11.8. The Bertz CT molecular complexity index is 408. The van der Waals surface area contributed by atoms with Gasteiger partial charge in [0.15, 0.2) is 0 Å². The van der Waals surface area contributed by atoms with Crippen molar-refractivity contribution in [3.05, 3.63) is 11.8 Å². The van der Waals surface area contributed by atoms with Gasteiger partial charge in [-0.2, -0.15) is 0 Å². The Morgan fingerprint density at radius 2 is 2.10 bits per heavy atom. The van der Waals surface area contributed by atoms with Crippen molar-refractivity contribution in [2.75, 3.05) is 32.8 Å². The van der Waals surface area contributed by atoms with Gasteiger partial charge in [0.05, 0.1) is 19.1 Å². The normalized spacial score (nSPS) is 25.1. The lowest BCUT2D eigenvalue weighted by Gasteiger charge is -2.38. The van der Waals surface area contributed by atoms with Crippen LogP contribution in [0.3, 0.4) is 0 Å². The van der Waals surface area contributed by atoms with Crippen LogP contribution in [0.1, 0.15) is 20.3 Å². The summed E-state index contributed by atoms with van der Waals surface area (Å²) in [6.07, 6.45) is 2.43. The Balaban J connectivity index is 1.96. The van der Waals surface area contributed by atoms with Crippen molar-refractivity contribution in [3.8, 4) is 0 Å². The van der Waals surface area contributed by atoms with E-state index in [4.69, 9.17) is 9.47 Å². The fraction of sp³-hybridized carbons (Fsp3) is 0.714. The number of fused-ring (bicyclic) bond motifs is 1. The Kier molecular flexibility index (Phi) is 4.87. The van der Waals surface area contributed by atoms with E-state index in [1.165, 1.54) is 0 Å². The van der Waals surface area contributed by atoms with Crippen LogP contribution >= 0.6 is 0 Å². The van der Waals surface area contributed by atoms with Crippen LogP contribution in [0.2, 0.25) is 0 Å². The number of carbonyl (C=O) groups is 2. The molecule has 2 aliphatic rings. The third-order valence-electron chi connectivity index (χ3n) is 3.68. The first-order valence-corrected chi connectivity index (χ1v) is 7.17. The number of esters is 1. The summed E-state index contributed by atoms with van der Waals surface area (Å²) in [4.78, 5) is 25.2. The van der Waals surface area contributed by atoms with Crippen LogP contribution in [0, 0.1) is 11.8 Å². The topological polar surface area (TPSA) is 67.9 Å². The maximum Gasteiger partial charge on any atom is 0.410 e. The number of nitrogens with one attached hydrogen (secondary N) is 1. The average Bonchev–Trinajstić information content (AvgIpc) is 2.46. The second-order valence-electron chi connectivity index (χ2n) is 5.03. The first-order valence-electron chi connectivity index (χ1n) is 7.17. The van der Waals surface area contributed by atoms with Crippen LogP contribution in [0.25, 0.3) is 0 Å². The van der Waals surface area contributed by atoms with Gasteiger partial charge in [0.1, 0.15) is 0 Å². The molecule has 0 aliphatic carbocycles. The molecule has 2 aliphatic heterocycles. The molecule has 2 unspecified atom stereocenters.